The maximum absolute atomic E-state index is 10.7. The number of allylic oxidation sites excluding steroid dienone is 2. The van der Waals surface area contributed by atoms with Gasteiger partial charge in [-0.3, -0.25) is 0 Å². The summed E-state index contributed by atoms with van der Waals surface area (Å²) >= 11 is 0. The van der Waals surface area contributed by atoms with Gasteiger partial charge in [-0.25, -0.2) is 0 Å². The number of aliphatic hydroxyl groups excluding tert-OH is 1. The van der Waals surface area contributed by atoms with Gasteiger partial charge in [-0.05, 0) is 55.8 Å². The number of aliphatic hydroxyl groups is 1. The average molecular weight is 355 g/mol. The molecule has 0 aromatic carbocycles. The van der Waals surface area contributed by atoms with Crippen molar-refractivity contribution in [3.8, 4) is 0 Å². The summed E-state index contributed by atoms with van der Waals surface area (Å²) in [6.45, 7) is 17.7. The van der Waals surface area contributed by atoms with E-state index < -0.39 is 14.4 Å². The topological polar surface area (TPSA) is 29.5 Å². The van der Waals surface area contributed by atoms with E-state index in [1.807, 2.05) is 6.08 Å². The standard InChI is InChI=1S/C21H42O2Si/c1-8-10-12-14-16-19(17-15-13-11-9-2)20(22)18-23-24(6,7)21(3,4)5/h8,16,20,22H,1,9-15,17-18H2,2-7H3/b19-16-. The highest BCUT2D eigenvalue weighted by molar-refractivity contribution is 6.74. The first-order valence-corrected chi connectivity index (χ1v) is 12.7. The Hall–Kier alpha value is -0.383. The van der Waals surface area contributed by atoms with Gasteiger partial charge in [0.2, 0.25) is 0 Å². The summed E-state index contributed by atoms with van der Waals surface area (Å²) < 4.78 is 6.22. The molecule has 0 radical (unpaired) electrons. The van der Waals surface area contributed by atoms with Crippen molar-refractivity contribution in [2.24, 2.45) is 0 Å². The Labute approximate surface area is 152 Å². The van der Waals surface area contributed by atoms with Crippen LogP contribution in [0.4, 0.5) is 0 Å². The third-order valence-corrected chi connectivity index (χ3v) is 9.67. The van der Waals surface area contributed by atoms with E-state index in [9.17, 15) is 5.11 Å². The van der Waals surface area contributed by atoms with Crippen molar-refractivity contribution >= 4 is 8.32 Å². The van der Waals surface area contributed by atoms with Crippen molar-refractivity contribution in [1.29, 1.82) is 0 Å². The lowest BCUT2D eigenvalue weighted by Crippen LogP contribution is -2.42. The molecule has 3 heteroatoms. The molecule has 1 N–H and O–H groups in total. The van der Waals surface area contributed by atoms with Gasteiger partial charge in [-0.15, -0.1) is 6.58 Å². The summed E-state index contributed by atoms with van der Waals surface area (Å²) in [6, 6.07) is 0. The fraction of sp³-hybridized carbons (Fsp3) is 0.810. The van der Waals surface area contributed by atoms with Crippen LogP contribution in [0.5, 0.6) is 0 Å². The summed E-state index contributed by atoms with van der Waals surface area (Å²) in [5.74, 6) is 0. The van der Waals surface area contributed by atoms with Gasteiger partial charge in [-0.1, -0.05) is 59.1 Å². The Kier molecular flexibility index (Phi) is 11.9. The zero-order chi connectivity index (χ0) is 18.6. The van der Waals surface area contributed by atoms with Crippen molar-refractivity contribution in [2.45, 2.75) is 103 Å². The van der Waals surface area contributed by atoms with Gasteiger partial charge in [-0.2, -0.15) is 0 Å². The van der Waals surface area contributed by atoms with Crippen LogP contribution in [0, 0.1) is 0 Å². The summed E-state index contributed by atoms with van der Waals surface area (Å²) in [6.07, 6.45) is 12.9. The number of hydrogen-bond donors (Lipinski definition) is 1. The van der Waals surface area contributed by atoms with Gasteiger partial charge in [0.15, 0.2) is 8.32 Å². The Balaban J connectivity index is 4.64. The highest BCUT2D eigenvalue weighted by Crippen LogP contribution is 2.36. The zero-order valence-electron chi connectivity index (χ0n) is 17.2. The summed E-state index contributed by atoms with van der Waals surface area (Å²) in [5.41, 5.74) is 1.17. The van der Waals surface area contributed by atoms with Crippen LogP contribution in [0.1, 0.15) is 79.1 Å². The first-order chi connectivity index (χ1) is 11.2. The number of unbranched alkanes of at least 4 members (excludes halogenated alkanes) is 5. The first kappa shape index (κ1) is 23.6. The highest BCUT2D eigenvalue weighted by atomic mass is 28.4. The molecule has 1 unspecified atom stereocenters. The maximum atomic E-state index is 10.7. The molecule has 0 aromatic rings. The summed E-state index contributed by atoms with van der Waals surface area (Å²) in [5, 5.41) is 10.8. The van der Waals surface area contributed by atoms with E-state index in [0.29, 0.717) is 6.61 Å². The Bertz CT molecular complexity index is 367. The summed E-state index contributed by atoms with van der Waals surface area (Å²) in [4.78, 5) is 0. The molecule has 2 nitrogen and oxygen atoms in total. The van der Waals surface area contributed by atoms with Crippen LogP contribution < -0.4 is 0 Å². The molecule has 0 rings (SSSR count). The molecule has 1 atom stereocenters. The lowest BCUT2D eigenvalue weighted by molar-refractivity contribution is 0.123. The molecule has 0 spiro atoms. The SMILES string of the molecule is C=CCCC/C=C(/CCCCCC)C(O)CO[Si](C)(C)C(C)(C)C. The minimum absolute atomic E-state index is 0.182. The van der Waals surface area contributed by atoms with Crippen LogP contribution >= 0.6 is 0 Å². The van der Waals surface area contributed by atoms with Gasteiger partial charge in [0, 0.05) is 0 Å². The molecule has 0 aliphatic carbocycles. The first-order valence-electron chi connectivity index (χ1n) is 9.77. The Morgan fingerprint density at radius 2 is 1.79 bits per heavy atom. The highest BCUT2D eigenvalue weighted by Gasteiger charge is 2.37. The Morgan fingerprint density at radius 1 is 1.12 bits per heavy atom. The number of hydrogen-bond acceptors (Lipinski definition) is 2. The second-order valence-electron chi connectivity index (χ2n) is 8.40. The molecule has 24 heavy (non-hydrogen) atoms. The van der Waals surface area contributed by atoms with Gasteiger partial charge in [0.1, 0.15) is 0 Å². The van der Waals surface area contributed by atoms with E-state index in [0.717, 1.165) is 32.1 Å². The molecule has 0 amide bonds. The van der Waals surface area contributed by atoms with Crippen molar-refractivity contribution in [3.05, 3.63) is 24.3 Å². The third kappa shape index (κ3) is 9.80. The van der Waals surface area contributed by atoms with E-state index in [2.05, 4.69) is 53.4 Å². The minimum atomic E-state index is -1.80. The molecule has 0 aromatic heterocycles. The number of rotatable bonds is 13. The average Bonchev–Trinajstić information content (AvgIpc) is 2.50. The largest absolute Gasteiger partial charge is 0.414 e. The smallest absolute Gasteiger partial charge is 0.192 e. The molecule has 0 saturated heterocycles. The fourth-order valence-corrected chi connectivity index (χ4v) is 3.33. The van der Waals surface area contributed by atoms with E-state index in [-0.39, 0.29) is 5.04 Å². The van der Waals surface area contributed by atoms with E-state index in [1.54, 1.807) is 0 Å². The van der Waals surface area contributed by atoms with Crippen molar-refractivity contribution in [3.63, 3.8) is 0 Å². The third-order valence-electron chi connectivity index (χ3n) is 5.17. The molecule has 0 fully saturated rings. The van der Waals surface area contributed by atoms with E-state index >= 15 is 0 Å². The minimum Gasteiger partial charge on any atom is -0.414 e. The fourth-order valence-electron chi connectivity index (χ4n) is 2.32. The zero-order valence-corrected chi connectivity index (χ0v) is 18.2. The monoisotopic (exact) mass is 354 g/mol. The molecule has 142 valence electrons. The maximum Gasteiger partial charge on any atom is 0.192 e. The molecule has 0 aliphatic heterocycles. The molecule has 0 saturated carbocycles. The van der Waals surface area contributed by atoms with Crippen molar-refractivity contribution in [2.75, 3.05) is 6.61 Å². The second-order valence-corrected chi connectivity index (χ2v) is 13.2. The molecule has 0 heterocycles. The molecule has 0 bridgehead atoms. The Morgan fingerprint density at radius 3 is 2.33 bits per heavy atom. The lowest BCUT2D eigenvalue weighted by Gasteiger charge is -2.37. The van der Waals surface area contributed by atoms with Gasteiger partial charge < -0.3 is 9.53 Å². The second kappa shape index (κ2) is 12.0. The molecular formula is C21H42O2Si. The van der Waals surface area contributed by atoms with Crippen LogP contribution in [0.2, 0.25) is 18.1 Å². The summed E-state index contributed by atoms with van der Waals surface area (Å²) in [7, 11) is -1.80. The predicted molar refractivity (Wildman–Crippen MR) is 110 cm³/mol. The van der Waals surface area contributed by atoms with Crippen LogP contribution in [0.25, 0.3) is 0 Å². The predicted octanol–water partition coefficient (Wildman–Crippen LogP) is 6.62. The van der Waals surface area contributed by atoms with E-state index in [1.165, 1.54) is 24.8 Å². The lowest BCUT2D eigenvalue weighted by atomic mass is 10.00. The van der Waals surface area contributed by atoms with Crippen LogP contribution in [0.15, 0.2) is 24.3 Å². The van der Waals surface area contributed by atoms with Crippen molar-refractivity contribution in [1.82, 2.24) is 0 Å². The van der Waals surface area contributed by atoms with Crippen LogP contribution in [-0.2, 0) is 4.43 Å². The van der Waals surface area contributed by atoms with Gasteiger partial charge >= 0.3 is 0 Å². The van der Waals surface area contributed by atoms with Gasteiger partial charge in [0.25, 0.3) is 0 Å². The van der Waals surface area contributed by atoms with Crippen LogP contribution in [-0.4, -0.2) is 26.1 Å². The van der Waals surface area contributed by atoms with Gasteiger partial charge in [0.05, 0.1) is 12.7 Å². The van der Waals surface area contributed by atoms with E-state index in [4.69, 9.17) is 4.43 Å². The molecule has 0 aliphatic rings. The normalized spacial score (nSPS) is 14.7. The van der Waals surface area contributed by atoms with Crippen molar-refractivity contribution < 1.29 is 9.53 Å². The van der Waals surface area contributed by atoms with Crippen LogP contribution in [0.3, 0.4) is 0 Å². The molecular weight excluding hydrogens is 312 g/mol. The quantitative estimate of drug-likeness (QED) is 0.229.